The number of hydrogen-bond donors (Lipinski definition) is 3. The Labute approximate surface area is 197 Å². The topological polar surface area (TPSA) is 109 Å². The van der Waals surface area contributed by atoms with Crippen LogP contribution in [0.15, 0.2) is 42.6 Å². The number of benzene rings is 2. The summed E-state index contributed by atoms with van der Waals surface area (Å²) in [6, 6.07) is 6.12. The first-order valence-electron chi connectivity index (χ1n) is 10.6. The number of primary amides is 1. The molecule has 34 heavy (non-hydrogen) atoms. The van der Waals surface area contributed by atoms with Crippen LogP contribution < -0.4 is 16.4 Å². The Hall–Kier alpha value is -3.66. The predicted octanol–water partition coefficient (Wildman–Crippen LogP) is 3.81. The van der Waals surface area contributed by atoms with Crippen molar-refractivity contribution in [2.75, 3.05) is 5.32 Å². The van der Waals surface area contributed by atoms with Gasteiger partial charge < -0.3 is 21.3 Å². The molecule has 2 aliphatic rings. The van der Waals surface area contributed by atoms with Gasteiger partial charge in [-0.15, -0.1) is 0 Å². The molecule has 1 saturated carbocycles. The van der Waals surface area contributed by atoms with Crippen molar-refractivity contribution < 1.29 is 23.2 Å². The zero-order chi connectivity index (χ0) is 24.1. The van der Waals surface area contributed by atoms with Gasteiger partial charge in [0.25, 0.3) is 0 Å². The first kappa shape index (κ1) is 22.1. The third kappa shape index (κ3) is 3.83. The van der Waals surface area contributed by atoms with Crippen LogP contribution in [0.1, 0.15) is 18.4 Å². The lowest BCUT2D eigenvalue weighted by Gasteiger charge is -2.27. The molecule has 0 radical (unpaired) electrons. The second kappa shape index (κ2) is 8.28. The van der Waals surface area contributed by atoms with Crippen molar-refractivity contribution in [1.29, 1.82) is 0 Å². The van der Waals surface area contributed by atoms with Gasteiger partial charge in [-0.3, -0.25) is 9.36 Å². The number of aromatic nitrogens is 1. The van der Waals surface area contributed by atoms with Gasteiger partial charge in [0.15, 0.2) is 0 Å². The van der Waals surface area contributed by atoms with Crippen molar-refractivity contribution >= 4 is 46.2 Å². The second-order valence-corrected chi connectivity index (χ2v) is 8.90. The number of carbonyl (C=O) groups is 3. The Morgan fingerprint density at radius 3 is 2.71 bits per heavy atom. The molecule has 0 spiro atoms. The highest BCUT2D eigenvalue weighted by Crippen LogP contribution is 2.48. The van der Waals surface area contributed by atoms with Crippen LogP contribution >= 0.6 is 11.6 Å². The number of fused-ring (bicyclic) bond motifs is 2. The van der Waals surface area contributed by atoms with Crippen LogP contribution in [0, 0.1) is 17.6 Å². The van der Waals surface area contributed by atoms with E-state index in [1.165, 1.54) is 41.4 Å². The van der Waals surface area contributed by atoms with E-state index in [-0.39, 0.29) is 34.8 Å². The third-order valence-corrected chi connectivity index (χ3v) is 6.66. The maximum atomic E-state index is 14.1. The van der Waals surface area contributed by atoms with Crippen molar-refractivity contribution in [3.05, 3.63) is 64.8 Å². The Morgan fingerprint density at radius 1 is 1.15 bits per heavy atom. The Kier molecular flexibility index (Phi) is 5.40. The molecule has 2 fully saturated rings. The van der Waals surface area contributed by atoms with Gasteiger partial charge in [-0.2, -0.15) is 0 Å². The molecule has 176 valence electrons. The molecule has 1 unspecified atom stereocenters. The lowest BCUT2D eigenvalue weighted by atomic mass is 10.1. The summed E-state index contributed by atoms with van der Waals surface area (Å²) in [5.41, 5.74) is 6.17. The summed E-state index contributed by atoms with van der Waals surface area (Å²) < 4.78 is 29.1. The van der Waals surface area contributed by atoms with Gasteiger partial charge in [0.05, 0.1) is 16.2 Å². The molecule has 5 rings (SSSR count). The maximum absolute atomic E-state index is 14.1. The fourth-order valence-electron chi connectivity index (χ4n) is 4.63. The standard InChI is InChI=1S/C23H20ClF2N5O3/c24-15-3-1-2-11(20(15)26)9-28-21(32)19-7-12-6-18(12)31(19)23(34)29-16-10-30(22(27)33)17-5-4-13(25)8-14(16)17/h1-5,8,10,12,18-19H,6-7,9H2,(H2,27,33)(H,28,32)(H,29,34)/t12-,18?,19+/m1/s1. The number of likely N-dealkylation sites (tertiary alicyclic amines) is 1. The van der Waals surface area contributed by atoms with E-state index < -0.39 is 35.6 Å². The van der Waals surface area contributed by atoms with E-state index in [1.54, 1.807) is 6.07 Å². The molecule has 1 saturated heterocycles. The highest BCUT2D eigenvalue weighted by Gasteiger charge is 2.56. The maximum Gasteiger partial charge on any atom is 0.323 e. The van der Waals surface area contributed by atoms with Crippen molar-refractivity contribution in [3.8, 4) is 0 Å². The van der Waals surface area contributed by atoms with E-state index in [4.69, 9.17) is 17.3 Å². The molecular weight excluding hydrogens is 468 g/mol. The van der Waals surface area contributed by atoms with Crippen LogP contribution in [0.5, 0.6) is 0 Å². The average Bonchev–Trinajstić information content (AvgIpc) is 3.31. The lowest BCUT2D eigenvalue weighted by Crippen LogP contribution is -2.49. The molecule has 4 N–H and O–H groups in total. The van der Waals surface area contributed by atoms with E-state index >= 15 is 0 Å². The zero-order valence-corrected chi connectivity index (χ0v) is 18.5. The highest BCUT2D eigenvalue weighted by atomic mass is 35.5. The van der Waals surface area contributed by atoms with E-state index in [0.717, 1.165) is 11.0 Å². The molecular formula is C23H20ClF2N5O3. The first-order valence-corrected chi connectivity index (χ1v) is 11.0. The first-order chi connectivity index (χ1) is 16.2. The number of halogens is 3. The average molecular weight is 488 g/mol. The summed E-state index contributed by atoms with van der Waals surface area (Å²) in [6.07, 6.45) is 2.58. The van der Waals surface area contributed by atoms with Gasteiger partial charge in [0.2, 0.25) is 5.91 Å². The Bertz CT molecular complexity index is 1340. The van der Waals surface area contributed by atoms with E-state index in [0.29, 0.717) is 17.3 Å². The normalized spacial score (nSPS) is 20.8. The molecule has 1 aliphatic heterocycles. The van der Waals surface area contributed by atoms with Gasteiger partial charge >= 0.3 is 12.1 Å². The van der Waals surface area contributed by atoms with Gasteiger partial charge in [0.1, 0.15) is 17.7 Å². The molecule has 1 aromatic heterocycles. The minimum Gasteiger partial charge on any atom is -0.351 e. The number of nitrogens with zero attached hydrogens (tertiary/aromatic N) is 2. The SMILES string of the molecule is NC(=O)n1cc(NC(=O)N2C3C[C@@H]3C[C@H]2C(=O)NCc2cccc(Cl)c2F)c2cc(F)ccc21. The van der Waals surface area contributed by atoms with Crippen LogP contribution in [0.25, 0.3) is 10.9 Å². The van der Waals surface area contributed by atoms with Crippen LogP contribution in [0.4, 0.5) is 24.1 Å². The number of carbonyl (C=O) groups excluding carboxylic acids is 3. The van der Waals surface area contributed by atoms with Crippen LogP contribution in [0.2, 0.25) is 5.02 Å². The van der Waals surface area contributed by atoms with E-state index in [9.17, 15) is 23.2 Å². The zero-order valence-electron chi connectivity index (χ0n) is 17.7. The summed E-state index contributed by atoms with van der Waals surface area (Å²) in [7, 11) is 0. The van der Waals surface area contributed by atoms with Crippen LogP contribution in [0.3, 0.4) is 0 Å². The van der Waals surface area contributed by atoms with Crippen molar-refractivity contribution in [1.82, 2.24) is 14.8 Å². The van der Waals surface area contributed by atoms with Gasteiger partial charge in [-0.25, -0.2) is 18.4 Å². The minimum atomic E-state index is -0.786. The predicted molar refractivity (Wildman–Crippen MR) is 121 cm³/mol. The lowest BCUT2D eigenvalue weighted by molar-refractivity contribution is -0.125. The number of amides is 4. The Morgan fingerprint density at radius 2 is 1.94 bits per heavy atom. The van der Waals surface area contributed by atoms with Gasteiger partial charge in [-0.05, 0) is 43.0 Å². The quantitative estimate of drug-likeness (QED) is 0.520. The van der Waals surface area contributed by atoms with E-state index in [1.807, 2.05) is 0 Å². The Balaban J connectivity index is 1.34. The van der Waals surface area contributed by atoms with Crippen molar-refractivity contribution in [2.45, 2.75) is 31.5 Å². The number of nitrogens with two attached hydrogens (primary N) is 1. The largest absolute Gasteiger partial charge is 0.351 e. The second-order valence-electron chi connectivity index (χ2n) is 8.50. The van der Waals surface area contributed by atoms with Gasteiger partial charge in [0, 0.05) is 29.7 Å². The highest BCUT2D eigenvalue weighted by molar-refractivity contribution is 6.30. The molecule has 0 bridgehead atoms. The summed E-state index contributed by atoms with van der Waals surface area (Å²) in [4.78, 5) is 39.3. The molecule has 2 heterocycles. The van der Waals surface area contributed by atoms with E-state index in [2.05, 4.69) is 10.6 Å². The molecule has 3 atom stereocenters. The van der Waals surface area contributed by atoms with Gasteiger partial charge in [-0.1, -0.05) is 23.7 Å². The number of piperidine rings is 1. The molecule has 1 aliphatic carbocycles. The van der Waals surface area contributed by atoms with Crippen LogP contribution in [-0.2, 0) is 11.3 Å². The molecule has 11 heteroatoms. The summed E-state index contributed by atoms with van der Waals surface area (Å²) in [5, 5.41) is 5.64. The monoisotopic (exact) mass is 487 g/mol. The van der Waals surface area contributed by atoms with Crippen LogP contribution in [-0.4, -0.2) is 39.5 Å². The summed E-state index contributed by atoms with van der Waals surface area (Å²) in [6.45, 7) is -0.0715. The number of urea groups is 1. The molecule has 8 nitrogen and oxygen atoms in total. The summed E-state index contributed by atoms with van der Waals surface area (Å²) >= 11 is 5.79. The van der Waals surface area contributed by atoms with Crippen molar-refractivity contribution in [3.63, 3.8) is 0 Å². The molecule has 4 amide bonds. The third-order valence-electron chi connectivity index (χ3n) is 6.37. The smallest absolute Gasteiger partial charge is 0.323 e. The minimum absolute atomic E-state index is 0.0403. The van der Waals surface area contributed by atoms with Crippen molar-refractivity contribution in [2.24, 2.45) is 11.7 Å². The molecule has 2 aromatic carbocycles. The molecule has 3 aromatic rings. The summed E-state index contributed by atoms with van der Waals surface area (Å²) in [5.74, 6) is -1.35. The number of nitrogens with one attached hydrogen (secondary N) is 2. The fraction of sp³-hybridized carbons (Fsp3) is 0.261. The fourth-order valence-corrected chi connectivity index (χ4v) is 4.83. The number of anilines is 1. The number of hydrogen-bond acceptors (Lipinski definition) is 3. The number of rotatable bonds is 4.